The average molecular weight is 205 g/mol. The fourth-order valence-corrected chi connectivity index (χ4v) is 0.823. The minimum atomic E-state index is -0.263. The van der Waals surface area contributed by atoms with Gasteiger partial charge in [-0.1, -0.05) is 11.6 Å². The quantitative estimate of drug-likeness (QED) is 0.591. The van der Waals surface area contributed by atoms with E-state index in [-0.39, 0.29) is 11.8 Å². The molecule has 3 nitrogen and oxygen atoms in total. The van der Waals surface area contributed by atoms with Gasteiger partial charge < -0.3 is 5.32 Å². The lowest BCUT2D eigenvalue weighted by Gasteiger charge is -2.00. The molecule has 5 heteroatoms. The Bertz CT molecular complexity index is 273. The van der Waals surface area contributed by atoms with Crippen LogP contribution in [0.3, 0.4) is 0 Å². The Morgan fingerprint density at radius 3 is 2.83 bits per heavy atom. The van der Waals surface area contributed by atoms with Crippen LogP contribution < -0.4 is 5.32 Å². The topological polar surface area (TPSA) is 42.0 Å². The van der Waals surface area contributed by atoms with Crippen LogP contribution in [0.2, 0.25) is 5.15 Å². The number of halogens is 2. The molecule has 0 aliphatic rings. The third-order valence-corrected chi connectivity index (χ3v) is 1.60. The van der Waals surface area contributed by atoms with E-state index in [1.807, 2.05) is 0 Å². The zero-order valence-electron chi connectivity index (χ0n) is 6.05. The van der Waals surface area contributed by atoms with Crippen LogP contribution in [0.5, 0.6) is 0 Å². The van der Waals surface area contributed by atoms with E-state index >= 15 is 0 Å². The first-order valence-corrected chi connectivity index (χ1v) is 4.11. The standard InChI is InChI=1S/C7H6Cl2N2O/c8-3-7(12)11-5-1-2-6(9)10-4-5/h1-2,4H,3H2,(H,11,12). The molecule has 0 radical (unpaired) electrons. The number of nitrogens with one attached hydrogen (secondary N) is 1. The summed E-state index contributed by atoms with van der Waals surface area (Å²) in [6, 6.07) is 3.24. The van der Waals surface area contributed by atoms with Gasteiger partial charge in [-0.2, -0.15) is 0 Å². The molecule has 1 N–H and O–H groups in total. The van der Waals surface area contributed by atoms with Gasteiger partial charge in [0.1, 0.15) is 11.0 Å². The van der Waals surface area contributed by atoms with E-state index in [9.17, 15) is 4.79 Å². The van der Waals surface area contributed by atoms with Crippen LogP contribution in [0.1, 0.15) is 0 Å². The Labute approximate surface area is 79.7 Å². The lowest BCUT2D eigenvalue weighted by molar-refractivity contribution is -0.113. The smallest absolute Gasteiger partial charge is 0.239 e. The highest BCUT2D eigenvalue weighted by Gasteiger charge is 1.98. The molecule has 64 valence electrons. The molecular formula is C7H6Cl2N2O. The molecule has 0 bridgehead atoms. The predicted octanol–water partition coefficient (Wildman–Crippen LogP) is 1.91. The first-order valence-electron chi connectivity index (χ1n) is 3.20. The Morgan fingerprint density at radius 1 is 1.58 bits per heavy atom. The maximum Gasteiger partial charge on any atom is 0.239 e. The number of alkyl halides is 1. The number of rotatable bonds is 2. The number of amides is 1. The van der Waals surface area contributed by atoms with Crippen molar-refractivity contribution in [2.24, 2.45) is 0 Å². The van der Waals surface area contributed by atoms with Crippen molar-refractivity contribution in [2.45, 2.75) is 0 Å². The largest absolute Gasteiger partial charge is 0.324 e. The molecular weight excluding hydrogens is 199 g/mol. The van der Waals surface area contributed by atoms with Crippen molar-refractivity contribution < 1.29 is 4.79 Å². The van der Waals surface area contributed by atoms with Gasteiger partial charge in [-0.15, -0.1) is 11.6 Å². The highest BCUT2D eigenvalue weighted by atomic mass is 35.5. The summed E-state index contributed by atoms with van der Waals surface area (Å²) in [6.07, 6.45) is 1.47. The van der Waals surface area contributed by atoms with Crippen molar-refractivity contribution in [3.05, 3.63) is 23.5 Å². The van der Waals surface area contributed by atoms with Crippen LogP contribution in [0.4, 0.5) is 5.69 Å². The van der Waals surface area contributed by atoms with Crippen LogP contribution in [0.25, 0.3) is 0 Å². The number of pyridine rings is 1. The summed E-state index contributed by atoms with van der Waals surface area (Å²) >= 11 is 10.8. The van der Waals surface area contributed by atoms with E-state index < -0.39 is 0 Å². The minimum Gasteiger partial charge on any atom is -0.324 e. The SMILES string of the molecule is O=C(CCl)Nc1ccc(Cl)nc1. The Balaban J connectivity index is 2.64. The lowest BCUT2D eigenvalue weighted by atomic mass is 10.4. The molecule has 1 aromatic rings. The van der Waals surface area contributed by atoms with Gasteiger partial charge in [-0.25, -0.2) is 4.98 Å². The van der Waals surface area contributed by atoms with E-state index in [4.69, 9.17) is 23.2 Å². The molecule has 0 aliphatic heterocycles. The van der Waals surface area contributed by atoms with Gasteiger partial charge in [0.2, 0.25) is 5.91 Å². The van der Waals surface area contributed by atoms with E-state index in [2.05, 4.69) is 10.3 Å². The Kier molecular flexibility index (Phi) is 3.31. The van der Waals surface area contributed by atoms with Crippen molar-refractivity contribution in [3.63, 3.8) is 0 Å². The summed E-state index contributed by atoms with van der Waals surface area (Å²) in [5.41, 5.74) is 0.588. The summed E-state index contributed by atoms with van der Waals surface area (Å²) in [5, 5.41) is 2.91. The van der Waals surface area contributed by atoms with Gasteiger partial charge in [0, 0.05) is 0 Å². The summed E-state index contributed by atoms with van der Waals surface area (Å²) < 4.78 is 0. The molecule has 1 aromatic heterocycles. The van der Waals surface area contributed by atoms with E-state index in [0.717, 1.165) is 0 Å². The summed E-state index contributed by atoms with van der Waals surface area (Å²) in [7, 11) is 0. The number of hydrogen-bond donors (Lipinski definition) is 1. The normalized spacial score (nSPS) is 9.50. The molecule has 0 spiro atoms. The van der Waals surface area contributed by atoms with Crippen LogP contribution >= 0.6 is 23.2 Å². The summed E-state index contributed by atoms with van der Waals surface area (Å²) in [4.78, 5) is 14.5. The van der Waals surface area contributed by atoms with Crippen LogP contribution in [0, 0.1) is 0 Å². The fraction of sp³-hybridized carbons (Fsp3) is 0.143. The summed E-state index contributed by atoms with van der Waals surface area (Å²) in [6.45, 7) is 0. The van der Waals surface area contributed by atoms with Crippen molar-refractivity contribution in [3.8, 4) is 0 Å². The first kappa shape index (κ1) is 9.29. The van der Waals surface area contributed by atoms with Gasteiger partial charge in [-0.3, -0.25) is 4.79 Å². The Hall–Kier alpha value is -0.800. The van der Waals surface area contributed by atoms with E-state index in [1.165, 1.54) is 6.20 Å². The van der Waals surface area contributed by atoms with Crippen LogP contribution in [-0.2, 0) is 4.79 Å². The molecule has 0 saturated carbocycles. The number of anilines is 1. The van der Waals surface area contributed by atoms with Gasteiger partial charge in [-0.05, 0) is 12.1 Å². The van der Waals surface area contributed by atoms with Crippen molar-refractivity contribution in [1.29, 1.82) is 0 Å². The molecule has 0 fully saturated rings. The van der Waals surface area contributed by atoms with Crippen molar-refractivity contribution in [2.75, 3.05) is 11.2 Å². The number of hydrogen-bond acceptors (Lipinski definition) is 2. The van der Waals surface area contributed by atoms with Crippen LogP contribution in [0.15, 0.2) is 18.3 Å². The zero-order valence-corrected chi connectivity index (χ0v) is 7.56. The highest BCUT2D eigenvalue weighted by molar-refractivity contribution is 6.29. The molecule has 12 heavy (non-hydrogen) atoms. The molecule has 0 atom stereocenters. The zero-order chi connectivity index (χ0) is 8.97. The van der Waals surface area contributed by atoms with Gasteiger partial charge in [0.25, 0.3) is 0 Å². The molecule has 0 saturated heterocycles. The highest BCUT2D eigenvalue weighted by Crippen LogP contribution is 2.09. The molecule has 0 aliphatic carbocycles. The van der Waals surface area contributed by atoms with Gasteiger partial charge in [0.15, 0.2) is 0 Å². The predicted molar refractivity (Wildman–Crippen MR) is 48.6 cm³/mol. The maximum absolute atomic E-state index is 10.8. The van der Waals surface area contributed by atoms with Crippen molar-refractivity contribution >= 4 is 34.8 Å². The van der Waals surface area contributed by atoms with E-state index in [0.29, 0.717) is 10.8 Å². The molecule has 0 unspecified atom stereocenters. The van der Waals surface area contributed by atoms with Gasteiger partial charge in [0.05, 0.1) is 11.9 Å². The number of carbonyl (C=O) groups excluding carboxylic acids is 1. The number of nitrogens with zero attached hydrogens (tertiary/aromatic N) is 1. The molecule has 1 amide bonds. The first-order chi connectivity index (χ1) is 5.72. The number of carbonyl (C=O) groups is 1. The molecule has 1 rings (SSSR count). The fourth-order valence-electron chi connectivity index (χ4n) is 0.644. The second kappa shape index (κ2) is 4.28. The molecule has 1 heterocycles. The third kappa shape index (κ3) is 2.68. The maximum atomic E-state index is 10.8. The van der Waals surface area contributed by atoms with Crippen LogP contribution in [-0.4, -0.2) is 16.8 Å². The van der Waals surface area contributed by atoms with Crippen molar-refractivity contribution in [1.82, 2.24) is 4.98 Å². The average Bonchev–Trinajstić information content (AvgIpc) is 2.09. The summed E-state index contributed by atoms with van der Waals surface area (Å²) in [5.74, 6) is -0.330. The third-order valence-electron chi connectivity index (χ3n) is 1.13. The second-order valence-electron chi connectivity index (χ2n) is 2.05. The van der Waals surface area contributed by atoms with Gasteiger partial charge >= 0.3 is 0 Å². The Morgan fingerprint density at radius 2 is 2.33 bits per heavy atom. The van der Waals surface area contributed by atoms with E-state index in [1.54, 1.807) is 12.1 Å². The molecule has 0 aromatic carbocycles. The monoisotopic (exact) mass is 204 g/mol. The number of aromatic nitrogens is 1. The minimum absolute atomic E-state index is 0.0668. The lowest BCUT2D eigenvalue weighted by Crippen LogP contribution is -2.12. The second-order valence-corrected chi connectivity index (χ2v) is 2.71.